The molecule has 1 aromatic carbocycles. The van der Waals surface area contributed by atoms with Crippen LogP contribution in [0, 0.1) is 0 Å². The average molecular weight is 296 g/mol. The lowest BCUT2D eigenvalue weighted by atomic mass is 10.0. The predicted molar refractivity (Wildman–Crippen MR) is 78.0 cm³/mol. The zero-order valence-electron chi connectivity index (χ0n) is 11.4. The Morgan fingerprint density at radius 2 is 2.30 bits per heavy atom. The van der Waals surface area contributed by atoms with E-state index in [9.17, 15) is 5.11 Å². The van der Waals surface area contributed by atoms with E-state index in [4.69, 9.17) is 20.8 Å². The van der Waals surface area contributed by atoms with Crippen LogP contribution in [0.1, 0.15) is 25.1 Å². The summed E-state index contributed by atoms with van der Waals surface area (Å²) in [5, 5.41) is 15.2. The number of halogens is 1. The second-order valence-corrected chi connectivity index (χ2v) is 5.90. The summed E-state index contributed by atoms with van der Waals surface area (Å²) in [6.45, 7) is 3.52. The summed E-state index contributed by atoms with van der Waals surface area (Å²) in [6, 6.07) is 7.56. The molecule has 3 rings (SSSR count). The van der Waals surface area contributed by atoms with Gasteiger partial charge in [0.25, 0.3) is 0 Å². The van der Waals surface area contributed by atoms with Crippen molar-refractivity contribution in [2.75, 3.05) is 19.8 Å². The third-order valence-electron chi connectivity index (χ3n) is 3.74. The van der Waals surface area contributed by atoms with Crippen molar-refractivity contribution in [1.82, 2.24) is 5.32 Å². The third-order valence-corrected chi connectivity index (χ3v) is 3.98. The normalized spacial score (nSPS) is 24.4. The van der Waals surface area contributed by atoms with Gasteiger partial charge >= 0.3 is 0 Å². The highest BCUT2D eigenvalue weighted by Gasteiger charge is 2.32. The van der Waals surface area contributed by atoms with E-state index in [2.05, 4.69) is 5.32 Å². The van der Waals surface area contributed by atoms with E-state index in [-0.39, 0.29) is 6.04 Å². The van der Waals surface area contributed by atoms with E-state index in [1.54, 1.807) is 0 Å². The van der Waals surface area contributed by atoms with Gasteiger partial charge in [0.1, 0.15) is 16.9 Å². The maximum absolute atomic E-state index is 10.2. The van der Waals surface area contributed by atoms with Crippen molar-refractivity contribution in [2.24, 2.45) is 0 Å². The summed E-state index contributed by atoms with van der Waals surface area (Å²) in [4.78, 5) is 0. The van der Waals surface area contributed by atoms with Crippen LogP contribution in [0.3, 0.4) is 0 Å². The molecule has 1 saturated heterocycles. The largest absolute Gasteiger partial charge is 0.459 e. The first-order valence-corrected chi connectivity index (χ1v) is 7.16. The minimum absolute atomic E-state index is 0.0193. The fourth-order valence-corrected chi connectivity index (χ4v) is 2.61. The van der Waals surface area contributed by atoms with Crippen molar-refractivity contribution in [3.8, 4) is 0 Å². The van der Waals surface area contributed by atoms with Gasteiger partial charge in [0, 0.05) is 30.0 Å². The number of ether oxygens (including phenoxy) is 1. The molecule has 1 aliphatic heterocycles. The molecule has 5 heteroatoms. The van der Waals surface area contributed by atoms with Crippen molar-refractivity contribution >= 4 is 22.6 Å². The monoisotopic (exact) mass is 295 g/mol. The molecule has 0 spiro atoms. The van der Waals surface area contributed by atoms with Gasteiger partial charge in [-0.2, -0.15) is 0 Å². The zero-order valence-corrected chi connectivity index (χ0v) is 12.1. The second kappa shape index (κ2) is 5.37. The van der Waals surface area contributed by atoms with Gasteiger partial charge in [-0.05, 0) is 31.2 Å². The van der Waals surface area contributed by atoms with Crippen LogP contribution in [-0.4, -0.2) is 30.5 Å². The lowest BCUT2D eigenvalue weighted by molar-refractivity contribution is 0.0247. The van der Waals surface area contributed by atoms with Crippen LogP contribution < -0.4 is 5.32 Å². The van der Waals surface area contributed by atoms with Crippen LogP contribution in [0.2, 0.25) is 5.02 Å². The summed E-state index contributed by atoms with van der Waals surface area (Å²) in [7, 11) is 0. The molecule has 1 fully saturated rings. The van der Waals surface area contributed by atoms with Gasteiger partial charge in [-0.25, -0.2) is 0 Å². The summed E-state index contributed by atoms with van der Waals surface area (Å²) in [5.74, 6) is 0.838. The first-order valence-electron chi connectivity index (χ1n) is 6.78. The fraction of sp³-hybridized carbons (Fsp3) is 0.467. The van der Waals surface area contributed by atoms with Crippen molar-refractivity contribution in [2.45, 2.75) is 25.0 Å². The van der Waals surface area contributed by atoms with Gasteiger partial charge in [-0.3, -0.25) is 0 Å². The highest BCUT2D eigenvalue weighted by Crippen LogP contribution is 2.27. The molecule has 0 amide bonds. The molecule has 2 heterocycles. The van der Waals surface area contributed by atoms with Crippen LogP contribution in [0.15, 0.2) is 28.7 Å². The minimum atomic E-state index is -0.760. The van der Waals surface area contributed by atoms with Crippen LogP contribution in [0.25, 0.3) is 11.0 Å². The molecule has 2 aromatic rings. The van der Waals surface area contributed by atoms with Crippen molar-refractivity contribution in [3.63, 3.8) is 0 Å². The summed E-state index contributed by atoms with van der Waals surface area (Å²) in [6.07, 6.45) is 0.669. The Labute approximate surface area is 122 Å². The Bertz CT molecular complexity index is 604. The molecule has 1 aromatic heterocycles. The van der Waals surface area contributed by atoms with E-state index in [1.165, 1.54) is 0 Å². The van der Waals surface area contributed by atoms with Crippen LogP contribution >= 0.6 is 11.6 Å². The molecule has 0 radical (unpaired) electrons. The number of hydrogen-bond donors (Lipinski definition) is 2. The number of rotatable bonds is 4. The van der Waals surface area contributed by atoms with Crippen LogP contribution in [0.4, 0.5) is 0 Å². The Morgan fingerprint density at radius 3 is 3.05 bits per heavy atom. The van der Waals surface area contributed by atoms with E-state index >= 15 is 0 Å². The number of aliphatic hydroxyl groups is 1. The lowest BCUT2D eigenvalue weighted by Gasteiger charge is -2.22. The number of furan rings is 1. The van der Waals surface area contributed by atoms with E-state index in [1.807, 2.05) is 31.2 Å². The number of fused-ring (bicyclic) bond motifs is 1. The highest BCUT2D eigenvalue weighted by atomic mass is 35.5. The molecular weight excluding hydrogens is 278 g/mol. The number of nitrogens with one attached hydrogen (secondary N) is 1. The fourth-order valence-electron chi connectivity index (χ4n) is 2.43. The molecule has 2 atom stereocenters. The third kappa shape index (κ3) is 2.83. The predicted octanol–water partition coefficient (Wildman–Crippen LogP) is 2.89. The topological polar surface area (TPSA) is 54.6 Å². The van der Waals surface area contributed by atoms with Gasteiger partial charge in [-0.15, -0.1) is 0 Å². The van der Waals surface area contributed by atoms with Crippen LogP contribution in [0.5, 0.6) is 0 Å². The maximum Gasteiger partial charge on any atom is 0.134 e. The minimum Gasteiger partial charge on any atom is -0.459 e. The molecule has 0 bridgehead atoms. The molecule has 20 heavy (non-hydrogen) atoms. The molecular formula is C15H18ClNO3. The van der Waals surface area contributed by atoms with Gasteiger partial charge in [0.2, 0.25) is 0 Å². The Balaban J connectivity index is 1.70. The van der Waals surface area contributed by atoms with Crippen LogP contribution in [-0.2, 0) is 4.74 Å². The zero-order chi connectivity index (χ0) is 14.2. The molecule has 4 nitrogen and oxygen atoms in total. The van der Waals surface area contributed by atoms with E-state index in [0.717, 1.165) is 16.7 Å². The van der Waals surface area contributed by atoms with Gasteiger partial charge in [0.05, 0.1) is 12.6 Å². The SMILES string of the molecule is C[C@H](NC[C@]1(O)CCOC1)c1cc2cc(Cl)ccc2o1. The number of hydrogen-bond acceptors (Lipinski definition) is 4. The quantitative estimate of drug-likeness (QED) is 0.911. The van der Waals surface area contributed by atoms with Crippen molar-refractivity contribution < 1.29 is 14.3 Å². The summed E-state index contributed by atoms with van der Waals surface area (Å²) < 4.78 is 11.0. The van der Waals surface area contributed by atoms with Gasteiger partial charge in [0.15, 0.2) is 0 Å². The van der Waals surface area contributed by atoms with Crippen molar-refractivity contribution in [1.29, 1.82) is 0 Å². The Morgan fingerprint density at radius 1 is 1.45 bits per heavy atom. The van der Waals surface area contributed by atoms with Crippen molar-refractivity contribution in [3.05, 3.63) is 35.0 Å². The van der Waals surface area contributed by atoms with Gasteiger partial charge < -0.3 is 19.6 Å². The Kier molecular flexibility index (Phi) is 3.73. The molecule has 1 aliphatic rings. The molecule has 0 aliphatic carbocycles. The van der Waals surface area contributed by atoms with E-state index < -0.39 is 5.60 Å². The lowest BCUT2D eigenvalue weighted by Crippen LogP contribution is -2.41. The molecule has 108 valence electrons. The first kappa shape index (κ1) is 13.9. The summed E-state index contributed by atoms with van der Waals surface area (Å²) in [5.41, 5.74) is 0.0600. The number of benzene rings is 1. The van der Waals surface area contributed by atoms with Gasteiger partial charge in [-0.1, -0.05) is 11.6 Å². The average Bonchev–Trinajstić information content (AvgIpc) is 3.02. The maximum atomic E-state index is 10.2. The molecule has 2 N–H and O–H groups in total. The molecule has 0 unspecified atom stereocenters. The standard InChI is InChI=1S/C15H18ClNO3/c1-10(17-8-15(18)4-5-19-9-15)14-7-11-6-12(16)2-3-13(11)20-14/h2-3,6-7,10,17-18H,4-5,8-9H2,1H3/t10-,15+/m0/s1. The Hall–Kier alpha value is -1.07. The summed E-state index contributed by atoms with van der Waals surface area (Å²) >= 11 is 5.97. The second-order valence-electron chi connectivity index (χ2n) is 5.46. The highest BCUT2D eigenvalue weighted by molar-refractivity contribution is 6.31. The smallest absolute Gasteiger partial charge is 0.134 e. The van der Waals surface area contributed by atoms with E-state index in [0.29, 0.717) is 31.2 Å². The molecule has 0 saturated carbocycles. The first-order chi connectivity index (χ1) is 9.56.